The summed E-state index contributed by atoms with van der Waals surface area (Å²) in [5.74, 6) is -1.05. The predicted molar refractivity (Wildman–Crippen MR) is 104 cm³/mol. The number of aliphatic hydroxyl groups is 1. The molecule has 0 bridgehead atoms. The molecular weight excluding hydrogens is 382 g/mol. The lowest BCUT2D eigenvalue weighted by Crippen LogP contribution is -2.21. The van der Waals surface area contributed by atoms with Crippen LogP contribution in [-0.2, 0) is 4.79 Å². The highest BCUT2D eigenvalue weighted by Gasteiger charge is 2.18. The first-order valence-corrected chi connectivity index (χ1v) is 8.90. The summed E-state index contributed by atoms with van der Waals surface area (Å²) in [7, 11) is 1.64. The molecule has 1 aliphatic heterocycles. The molecule has 9 nitrogen and oxygen atoms in total. The van der Waals surface area contributed by atoms with Crippen molar-refractivity contribution in [3.8, 4) is 21.8 Å². The second kappa shape index (κ2) is 7.92. The summed E-state index contributed by atoms with van der Waals surface area (Å²) in [6.45, 7) is 0.532. The zero-order chi connectivity index (χ0) is 20.3. The van der Waals surface area contributed by atoms with E-state index in [2.05, 4.69) is 10.1 Å². The fraction of sp³-hybridized carbons (Fsp3) is 0.111. The second-order valence-electron chi connectivity index (χ2n) is 5.84. The van der Waals surface area contributed by atoms with Crippen molar-refractivity contribution in [2.75, 3.05) is 19.3 Å². The number of aliphatic hydroxyl groups excluding tert-OH is 1. The zero-order valence-corrected chi connectivity index (χ0v) is 15.6. The molecule has 2 amide bonds. The number of aromatic nitrogens is 2. The van der Waals surface area contributed by atoms with Gasteiger partial charge in [0.2, 0.25) is 0 Å². The molecule has 3 heterocycles. The molecule has 2 aromatic heterocycles. The number of amides is 2. The van der Waals surface area contributed by atoms with Crippen molar-refractivity contribution in [1.82, 2.24) is 15.0 Å². The molecule has 10 heteroatoms. The van der Waals surface area contributed by atoms with Gasteiger partial charge in [0.05, 0.1) is 0 Å². The van der Waals surface area contributed by atoms with E-state index >= 15 is 0 Å². The Labute approximate surface area is 163 Å². The number of nitrogens with zero attached hydrogens (tertiary/aromatic N) is 3. The summed E-state index contributed by atoms with van der Waals surface area (Å²) >= 11 is 1.22. The van der Waals surface area contributed by atoms with Crippen LogP contribution in [0.15, 0.2) is 53.0 Å². The highest BCUT2D eigenvalue weighted by atomic mass is 32.1. The maximum atomic E-state index is 11.2. The highest BCUT2D eigenvalue weighted by molar-refractivity contribution is 7.19. The molecule has 0 saturated heterocycles. The van der Waals surface area contributed by atoms with Gasteiger partial charge in [0.15, 0.2) is 11.5 Å². The van der Waals surface area contributed by atoms with Crippen LogP contribution >= 0.6 is 11.3 Å². The van der Waals surface area contributed by atoms with Crippen molar-refractivity contribution in [2.45, 2.75) is 0 Å². The van der Waals surface area contributed by atoms with E-state index in [1.54, 1.807) is 13.1 Å². The number of benzene rings is 1. The van der Waals surface area contributed by atoms with Crippen molar-refractivity contribution in [3.05, 3.63) is 54.1 Å². The SMILES string of the molecule is CN1CC=C(O)C1=O.NC(=O)c1nc(-c2cccc(-c3ccon3)c2)sc1N. The quantitative estimate of drug-likeness (QED) is 0.610. The molecule has 3 aromatic rings. The van der Waals surface area contributed by atoms with Crippen LogP contribution in [0.2, 0.25) is 0 Å². The smallest absolute Gasteiger partial charge is 0.288 e. The van der Waals surface area contributed by atoms with Crippen molar-refractivity contribution < 1.29 is 19.2 Å². The van der Waals surface area contributed by atoms with Gasteiger partial charge in [-0.2, -0.15) is 0 Å². The number of hydrogen-bond acceptors (Lipinski definition) is 8. The molecule has 0 aliphatic carbocycles. The number of hydrogen-bond donors (Lipinski definition) is 3. The maximum Gasteiger partial charge on any atom is 0.288 e. The molecule has 0 radical (unpaired) electrons. The van der Waals surface area contributed by atoms with Gasteiger partial charge in [-0.1, -0.05) is 34.7 Å². The third-order valence-corrected chi connectivity index (χ3v) is 4.79. The third kappa shape index (κ3) is 4.01. The first kappa shape index (κ1) is 19.1. The van der Waals surface area contributed by atoms with Crippen molar-refractivity contribution >= 4 is 28.2 Å². The highest BCUT2D eigenvalue weighted by Crippen LogP contribution is 2.31. The summed E-state index contributed by atoms with van der Waals surface area (Å²) in [5.41, 5.74) is 13.5. The predicted octanol–water partition coefficient (Wildman–Crippen LogP) is 2.05. The van der Waals surface area contributed by atoms with E-state index in [0.29, 0.717) is 16.6 Å². The Kier molecular flexibility index (Phi) is 5.41. The van der Waals surface area contributed by atoms with Gasteiger partial charge in [-0.05, 0) is 12.1 Å². The summed E-state index contributed by atoms with van der Waals surface area (Å²) in [6.07, 6.45) is 3.00. The first-order chi connectivity index (χ1) is 13.4. The van der Waals surface area contributed by atoms with Crippen LogP contribution in [0.3, 0.4) is 0 Å². The minimum absolute atomic E-state index is 0.108. The van der Waals surface area contributed by atoms with Gasteiger partial charge in [-0.3, -0.25) is 9.59 Å². The molecule has 1 aliphatic rings. The Morgan fingerprint density at radius 3 is 2.57 bits per heavy atom. The van der Waals surface area contributed by atoms with Crippen LogP contribution in [0.1, 0.15) is 10.5 Å². The molecule has 144 valence electrons. The van der Waals surface area contributed by atoms with Crippen LogP contribution in [0.5, 0.6) is 0 Å². The molecule has 0 atom stereocenters. The maximum absolute atomic E-state index is 11.2. The van der Waals surface area contributed by atoms with Crippen molar-refractivity contribution in [1.29, 1.82) is 0 Å². The number of anilines is 1. The van der Waals surface area contributed by atoms with E-state index in [-0.39, 0.29) is 17.4 Å². The number of carbonyl (C=O) groups is 2. The topological polar surface area (TPSA) is 149 Å². The van der Waals surface area contributed by atoms with Gasteiger partial charge >= 0.3 is 0 Å². The Bertz CT molecular complexity index is 1040. The van der Waals surface area contributed by atoms with E-state index in [0.717, 1.165) is 16.8 Å². The number of likely N-dealkylation sites (N-methyl/N-ethyl adjacent to an activating group) is 1. The van der Waals surface area contributed by atoms with Crippen molar-refractivity contribution in [3.63, 3.8) is 0 Å². The lowest BCUT2D eigenvalue weighted by Gasteiger charge is -2.04. The van der Waals surface area contributed by atoms with Gasteiger partial charge in [-0.25, -0.2) is 4.98 Å². The van der Waals surface area contributed by atoms with Gasteiger partial charge in [0.25, 0.3) is 11.8 Å². The van der Waals surface area contributed by atoms with E-state index in [4.69, 9.17) is 21.1 Å². The van der Waals surface area contributed by atoms with Gasteiger partial charge in [0, 0.05) is 30.8 Å². The van der Waals surface area contributed by atoms with E-state index < -0.39 is 5.91 Å². The summed E-state index contributed by atoms with van der Waals surface area (Å²) in [4.78, 5) is 27.3. The van der Waals surface area contributed by atoms with E-state index in [9.17, 15) is 9.59 Å². The van der Waals surface area contributed by atoms with Crippen LogP contribution in [0.25, 0.3) is 21.8 Å². The average molecular weight is 399 g/mol. The van der Waals surface area contributed by atoms with E-state index in [1.807, 2.05) is 24.3 Å². The average Bonchev–Trinajstić information content (AvgIpc) is 3.41. The second-order valence-corrected chi connectivity index (χ2v) is 6.87. The standard InChI is InChI=1S/C13H10N4O2S.C5H7NO2/c14-11(18)10-12(15)20-13(16-10)8-3-1-2-7(6-8)9-4-5-19-17-9;1-6-3-2-4(7)5(6)8/h1-6H,15H2,(H2,14,18);2,7H,3H2,1H3. The molecule has 0 fully saturated rings. The van der Waals surface area contributed by atoms with Crippen LogP contribution in [-0.4, -0.2) is 45.6 Å². The normalized spacial score (nSPS) is 13.1. The number of carbonyl (C=O) groups excluding carboxylic acids is 2. The van der Waals surface area contributed by atoms with Crippen LogP contribution in [0, 0.1) is 0 Å². The largest absolute Gasteiger partial charge is 0.503 e. The first-order valence-electron chi connectivity index (χ1n) is 8.08. The zero-order valence-electron chi connectivity index (χ0n) is 14.8. The van der Waals surface area contributed by atoms with Gasteiger partial charge in [-0.15, -0.1) is 0 Å². The molecular formula is C18H17N5O4S. The minimum Gasteiger partial charge on any atom is -0.503 e. The van der Waals surface area contributed by atoms with E-state index in [1.165, 1.54) is 28.6 Å². The molecule has 4 rings (SSSR count). The van der Waals surface area contributed by atoms with Crippen molar-refractivity contribution in [2.24, 2.45) is 5.73 Å². The summed E-state index contributed by atoms with van der Waals surface area (Å²) in [5, 5.41) is 13.5. The number of nitrogens with two attached hydrogens (primary N) is 2. The van der Waals surface area contributed by atoms with Gasteiger partial charge in [0.1, 0.15) is 22.0 Å². The Balaban J connectivity index is 0.000000236. The molecule has 0 unspecified atom stereocenters. The Hall–Kier alpha value is -3.66. The number of thiazole rings is 1. The fourth-order valence-corrected chi connectivity index (χ4v) is 3.23. The lowest BCUT2D eigenvalue weighted by molar-refractivity contribution is -0.126. The number of rotatable bonds is 3. The lowest BCUT2D eigenvalue weighted by atomic mass is 10.1. The molecule has 28 heavy (non-hydrogen) atoms. The summed E-state index contributed by atoms with van der Waals surface area (Å²) < 4.78 is 4.82. The molecule has 5 N–H and O–H groups in total. The molecule has 0 saturated carbocycles. The fourth-order valence-electron chi connectivity index (χ4n) is 2.39. The monoisotopic (exact) mass is 399 g/mol. The number of nitrogen functional groups attached to an aromatic ring is 1. The number of primary amides is 1. The Morgan fingerprint density at radius 1 is 1.32 bits per heavy atom. The van der Waals surface area contributed by atoms with Crippen LogP contribution < -0.4 is 11.5 Å². The van der Waals surface area contributed by atoms with Crippen LogP contribution in [0.4, 0.5) is 5.00 Å². The molecule has 0 spiro atoms. The third-order valence-electron chi connectivity index (χ3n) is 3.85. The summed E-state index contributed by atoms with van der Waals surface area (Å²) in [6, 6.07) is 9.34. The molecule has 1 aromatic carbocycles. The Morgan fingerprint density at radius 2 is 2.07 bits per heavy atom. The minimum atomic E-state index is -0.627. The van der Waals surface area contributed by atoms with Gasteiger partial charge < -0.3 is 26.0 Å².